The predicted molar refractivity (Wildman–Crippen MR) is 90.6 cm³/mol. The standard InChI is InChI=1S/C19H24N2O3/c1-2-11-20(13-14-9-10-14)17(22)8-5-12-21-18(23)15-6-3-4-7-16(15)19(21)24/h3-4,6-7,14H,2,5,8-13H2,1H3. The molecule has 1 aliphatic heterocycles. The smallest absolute Gasteiger partial charge is 0.261 e. The molecular formula is C19H24N2O3. The quantitative estimate of drug-likeness (QED) is 0.690. The van der Waals surface area contributed by atoms with E-state index < -0.39 is 0 Å². The van der Waals surface area contributed by atoms with Crippen molar-refractivity contribution in [2.24, 2.45) is 5.92 Å². The number of rotatable bonds is 8. The number of benzene rings is 1. The molecule has 2 aliphatic rings. The first-order valence-electron chi connectivity index (χ1n) is 8.84. The lowest BCUT2D eigenvalue weighted by Gasteiger charge is -2.22. The maximum Gasteiger partial charge on any atom is 0.261 e. The number of carbonyl (C=O) groups excluding carboxylic acids is 3. The predicted octanol–water partition coefficient (Wildman–Crippen LogP) is 2.71. The number of hydrogen-bond acceptors (Lipinski definition) is 3. The van der Waals surface area contributed by atoms with Crippen LogP contribution in [0.15, 0.2) is 24.3 Å². The van der Waals surface area contributed by atoms with Crippen LogP contribution in [0.2, 0.25) is 0 Å². The van der Waals surface area contributed by atoms with Crippen molar-refractivity contribution >= 4 is 17.7 Å². The Labute approximate surface area is 142 Å². The Morgan fingerprint density at radius 2 is 1.79 bits per heavy atom. The number of fused-ring (bicyclic) bond motifs is 1. The van der Waals surface area contributed by atoms with Crippen molar-refractivity contribution in [2.75, 3.05) is 19.6 Å². The lowest BCUT2D eigenvalue weighted by atomic mass is 10.1. The molecule has 0 bridgehead atoms. The van der Waals surface area contributed by atoms with Crippen molar-refractivity contribution in [3.63, 3.8) is 0 Å². The molecule has 1 saturated carbocycles. The summed E-state index contributed by atoms with van der Waals surface area (Å²) in [5, 5.41) is 0. The van der Waals surface area contributed by atoms with Crippen LogP contribution in [0.5, 0.6) is 0 Å². The Hall–Kier alpha value is -2.17. The average molecular weight is 328 g/mol. The monoisotopic (exact) mass is 328 g/mol. The lowest BCUT2D eigenvalue weighted by Crippen LogP contribution is -2.35. The zero-order valence-electron chi connectivity index (χ0n) is 14.2. The van der Waals surface area contributed by atoms with Crippen LogP contribution in [0, 0.1) is 5.92 Å². The molecule has 128 valence electrons. The first-order valence-corrected chi connectivity index (χ1v) is 8.84. The summed E-state index contributed by atoms with van der Waals surface area (Å²) in [6.07, 6.45) is 4.32. The molecule has 0 unspecified atom stereocenters. The molecule has 3 rings (SSSR count). The van der Waals surface area contributed by atoms with Gasteiger partial charge < -0.3 is 4.90 Å². The largest absolute Gasteiger partial charge is 0.342 e. The SMILES string of the molecule is CCCN(CC1CC1)C(=O)CCCN1C(=O)c2ccccc2C1=O. The van der Waals surface area contributed by atoms with Crippen LogP contribution >= 0.6 is 0 Å². The molecule has 1 aromatic carbocycles. The van der Waals surface area contributed by atoms with Crippen LogP contribution < -0.4 is 0 Å². The first kappa shape index (κ1) is 16.7. The molecule has 1 heterocycles. The van der Waals surface area contributed by atoms with Gasteiger partial charge in [-0.15, -0.1) is 0 Å². The van der Waals surface area contributed by atoms with Crippen LogP contribution in [0.3, 0.4) is 0 Å². The summed E-state index contributed by atoms with van der Waals surface area (Å²) in [6, 6.07) is 6.88. The van der Waals surface area contributed by atoms with E-state index in [2.05, 4.69) is 6.92 Å². The zero-order valence-corrected chi connectivity index (χ0v) is 14.2. The van der Waals surface area contributed by atoms with Gasteiger partial charge in [0, 0.05) is 26.1 Å². The molecular weight excluding hydrogens is 304 g/mol. The van der Waals surface area contributed by atoms with Gasteiger partial charge in [0.1, 0.15) is 0 Å². The molecule has 0 aromatic heterocycles. The normalized spacial score (nSPS) is 16.5. The third-order valence-corrected chi connectivity index (χ3v) is 4.67. The average Bonchev–Trinajstić information content (AvgIpc) is 3.37. The molecule has 1 aromatic rings. The number of carbonyl (C=O) groups is 3. The van der Waals surface area contributed by atoms with Gasteiger partial charge in [0.15, 0.2) is 0 Å². The van der Waals surface area contributed by atoms with Gasteiger partial charge in [0.05, 0.1) is 11.1 Å². The number of amides is 3. The van der Waals surface area contributed by atoms with Crippen LogP contribution in [0.4, 0.5) is 0 Å². The van der Waals surface area contributed by atoms with Crippen LogP contribution in [-0.4, -0.2) is 47.2 Å². The molecule has 1 aliphatic carbocycles. The van der Waals surface area contributed by atoms with Crippen molar-refractivity contribution in [1.29, 1.82) is 0 Å². The van der Waals surface area contributed by atoms with Crippen LogP contribution in [-0.2, 0) is 4.79 Å². The number of imide groups is 1. The number of hydrogen-bond donors (Lipinski definition) is 0. The maximum absolute atomic E-state index is 12.4. The fourth-order valence-corrected chi connectivity index (χ4v) is 3.19. The third-order valence-electron chi connectivity index (χ3n) is 4.67. The van der Waals surface area contributed by atoms with Crippen molar-refractivity contribution in [2.45, 2.75) is 39.0 Å². The van der Waals surface area contributed by atoms with Gasteiger partial charge in [-0.3, -0.25) is 19.3 Å². The lowest BCUT2D eigenvalue weighted by molar-refractivity contribution is -0.131. The van der Waals surface area contributed by atoms with E-state index in [4.69, 9.17) is 0 Å². The minimum absolute atomic E-state index is 0.139. The molecule has 0 N–H and O–H groups in total. The molecule has 5 heteroatoms. The Bertz CT molecular complexity index is 617. The topological polar surface area (TPSA) is 57.7 Å². The van der Waals surface area contributed by atoms with Gasteiger partial charge in [0.2, 0.25) is 5.91 Å². The maximum atomic E-state index is 12.4. The van der Waals surface area contributed by atoms with E-state index in [1.165, 1.54) is 17.7 Å². The second-order valence-electron chi connectivity index (χ2n) is 6.69. The summed E-state index contributed by atoms with van der Waals surface area (Å²) in [4.78, 5) is 40.2. The van der Waals surface area contributed by atoms with Gasteiger partial charge in [-0.25, -0.2) is 0 Å². The molecule has 0 spiro atoms. The van der Waals surface area contributed by atoms with Gasteiger partial charge in [0.25, 0.3) is 11.8 Å². The van der Waals surface area contributed by atoms with Gasteiger partial charge >= 0.3 is 0 Å². The Morgan fingerprint density at radius 1 is 1.17 bits per heavy atom. The summed E-state index contributed by atoms with van der Waals surface area (Å²) in [7, 11) is 0. The zero-order chi connectivity index (χ0) is 17.1. The van der Waals surface area contributed by atoms with Gasteiger partial charge in [-0.05, 0) is 43.7 Å². The van der Waals surface area contributed by atoms with E-state index in [9.17, 15) is 14.4 Å². The highest BCUT2D eigenvalue weighted by atomic mass is 16.2. The molecule has 3 amide bonds. The van der Waals surface area contributed by atoms with Crippen molar-refractivity contribution in [3.05, 3.63) is 35.4 Å². The highest BCUT2D eigenvalue weighted by Gasteiger charge is 2.34. The van der Waals surface area contributed by atoms with Gasteiger partial charge in [-0.1, -0.05) is 19.1 Å². The Morgan fingerprint density at radius 3 is 2.33 bits per heavy atom. The number of nitrogens with zero attached hydrogens (tertiary/aromatic N) is 2. The minimum Gasteiger partial charge on any atom is -0.342 e. The van der Waals surface area contributed by atoms with Crippen molar-refractivity contribution < 1.29 is 14.4 Å². The van der Waals surface area contributed by atoms with Crippen LogP contribution in [0.25, 0.3) is 0 Å². The molecule has 0 atom stereocenters. The highest BCUT2D eigenvalue weighted by Crippen LogP contribution is 2.30. The Kier molecular flexibility index (Phi) is 4.97. The van der Waals surface area contributed by atoms with Gasteiger partial charge in [-0.2, -0.15) is 0 Å². The second-order valence-corrected chi connectivity index (χ2v) is 6.69. The van der Waals surface area contributed by atoms with E-state index in [1.54, 1.807) is 24.3 Å². The minimum atomic E-state index is -0.244. The highest BCUT2D eigenvalue weighted by molar-refractivity contribution is 6.21. The molecule has 5 nitrogen and oxygen atoms in total. The molecule has 0 radical (unpaired) electrons. The van der Waals surface area contributed by atoms with Crippen molar-refractivity contribution in [1.82, 2.24) is 9.80 Å². The molecule has 1 fully saturated rings. The summed E-state index contributed by atoms with van der Waals surface area (Å²) in [5.41, 5.74) is 0.935. The summed E-state index contributed by atoms with van der Waals surface area (Å²) in [6.45, 7) is 4.04. The third kappa shape index (κ3) is 3.50. The summed E-state index contributed by atoms with van der Waals surface area (Å²) in [5.74, 6) is 0.329. The first-order chi connectivity index (χ1) is 11.6. The summed E-state index contributed by atoms with van der Waals surface area (Å²) >= 11 is 0. The van der Waals surface area contributed by atoms with Crippen molar-refractivity contribution in [3.8, 4) is 0 Å². The van der Waals surface area contributed by atoms with E-state index in [0.29, 0.717) is 36.4 Å². The fraction of sp³-hybridized carbons (Fsp3) is 0.526. The fourth-order valence-electron chi connectivity index (χ4n) is 3.19. The van der Waals surface area contributed by atoms with Crippen LogP contribution in [0.1, 0.15) is 59.7 Å². The van der Waals surface area contributed by atoms with E-state index in [1.807, 2.05) is 4.90 Å². The van der Waals surface area contributed by atoms with E-state index in [-0.39, 0.29) is 17.7 Å². The van der Waals surface area contributed by atoms with E-state index >= 15 is 0 Å². The molecule has 24 heavy (non-hydrogen) atoms. The van der Waals surface area contributed by atoms with E-state index in [0.717, 1.165) is 19.5 Å². The molecule has 0 saturated heterocycles. The Balaban J connectivity index is 1.52. The summed E-state index contributed by atoms with van der Waals surface area (Å²) < 4.78 is 0. The second kappa shape index (κ2) is 7.16.